The van der Waals surface area contributed by atoms with Gasteiger partial charge in [0.25, 0.3) is 0 Å². The van der Waals surface area contributed by atoms with E-state index in [0.717, 1.165) is 32.4 Å². The van der Waals surface area contributed by atoms with Crippen LogP contribution in [0.1, 0.15) is 135 Å². The molecule has 504 valence electrons. The van der Waals surface area contributed by atoms with Gasteiger partial charge >= 0.3 is 6.18 Å². The first-order chi connectivity index (χ1) is 42.5. The van der Waals surface area contributed by atoms with Gasteiger partial charge in [0.05, 0.1) is 30.2 Å². The van der Waals surface area contributed by atoms with Crippen LogP contribution in [0.4, 0.5) is 13.2 Å². The van der Waals surface area contributed by atoms with Crippen molar-refractivity contribution < 1.29 is 65.9 Å². The number of hydrogen-bond donors (Lipinski definition) is 4. The fourth-order valence-corrected chi connectivity index (χ4v) is 12.6. The first kappa shape index (κ1) is 74.4. The van der Waals surface area contributed by atoms with Gasteiger partial charge in [0.1, 0.15) is 41.8 Å². The van der Waals surface area contributed by atoms with Gasteiger partial charge in [-0.05, 0) is 105 Å². The van der Waals surface area contributed by atoms with E-state index in [1.54, 1.807) is 45.9 Å². The van der Waals surface area contributed by atoms with Crippen molar-refractivity contribution in [2.24, 2.45) is 17.8 Å². The number of carbonyl (C=O) groups excluding carboxylic acids is 11. The second-order valence-corrected chi connectivity index (χ2v) is 26.4. The second kappa shape index (κ2) is 32.3. The number of nitrogens with one attached hydrogen (secondary N) is 4. The van der Waals surface area contributed by atoms with Crippen LogP contribution in [-0.2, 0) is 71.8 Å². The summed E-state index contributed by atoms with van der Waals surface area (Å²) < 4.78 is 41.3. The van der Waals surface area contributed by atoms with Crippen LogP contribution in [0.3, 0.4) is 0 Å². The molecule has 0 aromatic heterocycles. The lowest BCUT2D eigenvalue weighted by Crippen LogP contribution is -2.64. The SMILES string of the molecule is CC[C@H](C)C1NC(=O)[C@H](CC(C)C)N(C)C(=O)C[C@@H](C)NC(=O)[C@H](C(C)C)N(C)C(=O)C2(CCCC2)NC(=O)[C@@H]2CCCN2C(=O)[C@H](CCc2ccc(C(F)(F)F)c(Cl)c2)NC(=O)CN(C)C(=O)[C@H](Cc2ccccc2C)N(C)C(=O)CN(C)C(=O)CN(C)C1=O. The maximum atomic E-state index is 15.0. The molecule has 1 aliphatic carbocycles. The topological polar surface area (TPSA) is 259 Å². The van der Waals surface area contributed by atoms with E-state index >= 15 is 4.79 Å². The van der Waals surface area contributed by atoms with Gasteiger partial charge in [-0.25, -0.2) is 0 Å². The maximum Gasteiger partial charge on any atom is 0.417 e. The summed E-state index contributed by atoms with van der Waals surface area (Å²) in [6, 6.07) is 2.29. The Kier molecular flexibility index (Phi) is 26.4. The van der Waals surface area contributed by atoms with Crippen molar-refractivity contribution in [3.8, 4) is 0 Å². The summed E-state index contributed by atoms with van der Waals surface area (Å²) in [5.74, 6) is -8.19. The number of hydrogen-bond acceptors (Lipinski definition) is 11. The smallest absolute Gasteiger partial charge is 0.351 e. The number of alkyl halides is 3. The molecule has 11 amide bonds. The fourth-order valence-electron chi connectivity index (χ4n) is 12.3. The number of halogens is 4. The number of aryl methyl sites for hydroxylation is 2. The Labute approximate surface area is 538 Å². The van der Waals surface area contributed by atoms with Crippen LogP contribution in [-0.4, -0.2) is 216 Å². The molecule has 0 radical (unpaired) electrons. The third-order valence-electron chi connectivity index (χ3n) is 18.0. The largest absolute Gasteiger partial charge is 0.417 e. The molecule has 22 nitrogen and oxygen atoms in total. The summed E-state index contributed by atoms with van der Waals surface area (Å²) >= 11 is 6.11. The number of nitrogens with zero attached hydrogens (tertiary/aromatic N) is 7. The fraction of sp³-hybridized carbons (Fsp3) is 0.646. The van der Waals surface area contributed by atoms with Crippen molar-refractivity contribution in [2.75, 3.05) is 68.5 Å². The molecule has 2 aromatic rings. The van der Waals surface area contributed by atoms with E-state index in [4.69, 9.17) is 11.6 Å². The van der Waals surface area contributed by atoms with Gasteiger partial charge in [-0.3, -0.25) is 52.7 Å². The van der Waals surface area contributed by atoms with Crippen LogP contribution in [0.25, 0.3) is 0 Å². The Morgan fingerprint density at radius 1 is 0.681 bits per heavy atom. The van der Waals surface area contributed by atoms with Crippen molar-refractivity contribution in [1.29, 1.82) is 0 Å². The summed E-state index contributed by atoms with van der Waals surface area (Å²) in [6.45, 7) is 12.6. The first-order valence-corrected chi connectivity index (χ1v) is 31.9. The Morgan fingerprint density at radius 2 is 1.30 bits per heavy atom. The van der Waals surface area contributed by atoms with Crippen LogP contribution in [0.5, 0.6) is 0 Å². The summed E-state index contributed by atoms with van der Waals surface area (Å²) in [6.07, 6.45) is -2.75. The Balaban J connectivity index is 1.56. The monoisotopic (exact) mass is 1300 g/mol. The van der Waals surface area contributed by atoms with Crippen molar-refractivity contribution in [1.82, 2.24) is 55.6 Å². The molecule has 8 atom stereocenters. The van der Waals surface area contributed by atoms with Crippen LogP contribution in [0.15, 0.2) is 42.5 Å². The highest BCUT2D eigenvalue weighted by molar-refractivity contribution is 6.31. The van der Waals surface area contributed by atoms with Crippen molar-refractivity contribution >= 4 is 76.6 Å². The van der Waals surface area contributed by atoms with E-state index in [9.17, 15) is 61.1 Å². The zero-order chi connectivity index (χ0) is 68.1. The van der Waals surface area contributed by atoms with Gasteiger partial charge in [-0.15, -0.1) is 0 Å². The average molecular weight is 1300 g/mol. The molecule has 1 spiro atoms. The number of likely N-dealkylation sites (N-methyl/N-ethyl adjacent to an activating group) is 6. The summed E-state index contributed by atoms with van der Waals surface area (Å²) in [5, 5.41) is 10.9. The highest BCUT2D eigenvalue weighted by Crippen LogP contribution is 2.36. The minimum atomic E-state index is -4.75. The number of carbonyl (C=O) groups is 11. The lowest BCUT2D eigenvalue weighted by Gasteiger charge is -2.39. The number of amides is 11. The van der Waals surface area contributed by atoms with Gasteiger partial charge < -0.3 is 55.6 Å². The molecule has 0 bridgehead atoms. The van der Waals surface area contributed by atoms with E-state index in [1.165, 1.54) is 68.0 Å². The molecule has 2 aliphatic heterocycles. The quantitative estimate of drug-likeness (QED) is 0.253. The predicted octanol–water partition coefficient (Wildman–Crippen LogP) is 4.74. The third-order valence-corrected chi connectivity index (χ3v) is 18.3. The maximum absolute atomic E-state index is 15.0. The van der Waals surface area contributed by atoms with Crippen LogP contribution in [0, 0.1) is 24.7 Å². The molecule has 3 aliphatic rings. The Bertz CT molecular complexity index is 3000. The molecule has 2 heterocycles. The third kappa shape index (κ3) is 19.1. The molecular weight excluding hydrogens is 1200 g/mol. The van der Waals surface area contributed by atoms with Crippen molar-refractivity contribution in [2.45, 2.75) is 186 Å². The predicted molar refractivity (Wildman–Crippen MR) is 336 cm³/mol. The minimum absolute atomic E-state index is 0.0373. The number of rotatable bonds is 10. The molecule has 5 rings (SSSR count). The number of benzene rings is 2. The zero-order valence-electron chi connectivity index (χ0n) is 55.3. The molecule has 26 heteroatoms. The van der Waals surface area contributed by atoms with Gasteiger partial charge in [-0.1, -0.05) is 103 Å². The summed E-state index contributed by atoms with van der Waals surface area (Å²) in [7, 11) is 8.39. The van der Waals surface area contributed by atoms with Gasteiger partial charge in [0.2, 0.25) is 65.0 Å². The normalized spacial score (nSPS) is 24.9. The summed E-state index contributed by atoms with van der Waals surface area (Å²) in [5.41, 5.74) is -0.814. The van der Waals surface area contributed by atoms with Gasteiger partial charge in [0.15, 0.2) is 0 Å². The highest BCUT2D eigenvalue weighted by Gasteiger charge is 2.49. The van der Waals surface area contributed by atoms with Crippen LogP contribution >= 0.6 is 11.6 Å². The van der Waals surface area contributed by atoms with E-state index in [2.05, 4.69) is 21.3 Å². The molecule has 91 heavy (non-hydrogen) atoms. The molecule has 2 aromatic carbocycles. The first-order valence-electron chi connectivity index (χ1n) is 31.5. The second-order valence-electron chi connectivity index (χ2n) is 26.0. The zero-order valence-corrected chi connectivity index (χ0v) is 56.0. The molecule has 1 saturated carbocycles. The Hall–Kier alpha value is -7.31. The van der Waals surface area contributed by atoms with E-state index in [1.807, 2.05) is 33.8 Å². The summed E-state index contributed by atoms with van der Waals surface area (Å²) in [4.78, 5) is 168. The average Bonchev–Trinajstić information content (AvgIpc) is 1.78. The number of fused-ring (bicyclic) bond motifs is 1. The Morgan fingerprint density at radius 3 is 1.89 bits per heavy atom. The molecule has 4 N–H and O–H groups in total. The molecule has 1 unspecified atom stereocenters. The van der Waals surface area contributed by atoms with Gasteiger partial charge in [-0.2, -0.15) is 13.2 Å². The van der Waals surface area contributed by atoms with E-state index < -0.39 is 161 Å². The van der Waals surface area contributed by atoms with Crippen molar-refractivity contribution in [3.05, 3.63) is 69.7 Å². The molecule has 3 fully saturated rings. The van der Waals surface area contributed by atoms with Crippen LogP contribution < -0.4 is 21.3 Å². The standard InChI is InChI=1S/C65H95ClF3N11O11/c1-15-40(6)55-62(90)76(11)36-53(83)74(9)37-54(84)78(13)50(34-44-22-17-16-21-41(44)7)61(89)75(10)35-51(81)71-47(27-25-43-24-26-45(46(66)33-43)65(67,68)69)60(88)80-30-20-23-48(80)58(86)73-64(28-18-19-29-64)63(91)79(14)56(39(4)5)59(87)70-42(8)32-52(82)77(12)49(31-38(2)3)57(85)72-55/h16-17,21-22,24,26,33,38-40,42,47-50,55-56H,15,18-20,23,25,27-32,34-37H2,1-14H3,(H,70,87)(H,71,81)(H,72,85)(H,73,86)/t40-,42+,47-,48-,49-,50-,55?,56-/m0/s1. The van der Waals surface area contributed by atoms with Crippen molar-refractivity contribution in [3.63, 3.8) is 0 Å². The lowest BCUT2D eigenvalue weighted by molar-refractivity contribution is -0.149. The molecular formula is C65H95ClF3N11O11. The van der Waals surface area contributed by atoms with Gasteiger partial charge in [0, 0.05) is 67.7 Å². The minimum Gasteiger partial charge on any atom is -0.351 e. The van der Waals surface area contributed by atoms with Crippen LogP contribution in [0.2, 0.25) is 5.02 Å². The van der Waals surface area contributed by atoms with E-state index in [0.29, 0.717) is 36.8 Å². The lowest BCUT2D eigenvalue weighted by atomic mass is 9.92. The molecule has 2 saturated heterocycles. The van der Waals surface area contributed by atoms with E-state index in [-0.39, 0.29) is 63.8 Å². The highest BCUT2D eigenvalue weighted by atomic mass is 35.5.